The van der Waals surface area contributed by atoms with Gasteiger partial charge in [0.1, 0.15) is 35.3 Å². The second-order valence-corrected chi connectivity index (χ2v) is 22.1. The van der Waals surface area contributed by atoms with Crippen LogP contribution < -0.4 is 5.32 Å². The number of aliphatic hydroxyl groups excluding tert-OH is 1. The maximum atomic E-state index is 16.1. The molecule has 1 aliphatic heterocycles. The number of carbonyl (C=O) groups excluding carboxylic acids is 2. The fourth-order valence-corrected chi connectivity index (χ4v) is 8.27. The third-order valence-electron chi connectivity index (χ3n) is 10.6. The van der Waals surface area contributed by atoms with Crippen molar-refractivity contribution >= 4 is 20.4 Å². The van der Waals surface area contributed by atoms with Gasteiger partial charge in [-0.1, -0.05) is 51.1 Å². The molecule has 2 aromatic carbocycles. The number of nitrogens with zero attached hydrogens (tertiary/aromatic N) is 4. The Labute approximate surface area is 318 Å². The molecular weight excluding hydrogens is 716 g/mol. The molecule has 3 aromatic rings. The standard InChI is InChI=1S/C40H56F3N5O5Si/c1-26(25-49)44-36(50)48(22-28-21-47(23-32(28)43)37(51)52-38(2,3)4)34(40(17-18-40)53-54(8,9)39(5,6)7)35-45-33(30-19-29(41)15-16-31(30)42)24-46(35)20-27-13-11-10-12-14-27/h10-16,19,24,26,28,32,34,49H,17-18,20-23,25H2,1-9H3,(H,44,50)/t26-,28-,32-,34-/m0/s1. The second kappa shape index (κ2) is 15.7. The number of alkyl halides is 1. The molecule has 2 N–H and O–H groups in total. The lowest BCUT2D eigenvalue weighted by atomic mass is 10.0. The first-order valence-electron chi connectivity index (χ1n) is 18.7. The van der Waals surface area contributed by atoms with E-state index in [1.165, 1.54) is 9.80 Å². The summed E-state index contributed by atoms with van der Waals surface area (Å²) in [6.07, 6.45) is 0.633. The molecule has 3 amide bonds. The smallest absolute Gasteiger partial charge is 0.410 e. The highest BCUT2D eigenvalue weighted by atomic mass is 28.4. The van der Waals surface area contributed by atoms with Crippen LogP contribution in [0.25, 0.3) is 11.3 Å². The summed E-state index contributed by atoms with van der Waals surface area (Å²) in [7, 11) is -2.55. The molecule has 14 heteroatoms. The molecule has 0 bridgehead atoms. The first-order chi connectivity index (χ1) is 25.1. The molecule has 1 saturated carbocycles. The highest BCUT2D eigenvalue weighted by molar-refractivity contribution is 6.74. The van der Waals surface area contributed by atoms with Gasteiger partial charge in [-0.25, -0.2) is 27.7 Å². The summed E-state index contributed by atoms with van der Waals surface area (Å²) in [6.45, 7) is 17.1. The van der Waals surface area contributed by atoms with Crippen LogP contribution in [0.3, 0.4) is 0 Å². The van der Waals surface area contributed by atoms with Gasteiger partial charge in [-0.15, -0.1) is 0 Å². The largest absolute Gasteiger partial charge is 0.444 e. The van der Waals surface area contributed by atoms with E-state index in [0.717, 1.165) is 23.8 Å². The summed E-state index contributed by atoms with van der Waals surface area (Å²) >= 11 is 0. The Morgan fingerprint density at radius 2 is 1.74 bits per heavy atom. The number of nitrogens with one attached hydrogen (secondary N) is 1. The number of aromatic nitrogens is 2. The minimum absolute atomic E-state index is 0.00354. The Kier molecular flexibility index (Phi) is 12.0. The lowest BCUT2D eigenvalue weighted by Gasteiger charge is -2.45. The van der Waals surface area contributed by atoms with Crippen LogP contribution in [0.1, 0.15) is 78.7 Å². The summed E-state index contributed by atoms with van der Waals surface area (Å²) in [5, 5.41) is 12.6. The van der Waals surface area contributed by atoms with Gasteiger partial charge in [0, 0.05) is 37.3 Å². The maximum absolute atomic E-state index is 16.1. The van der Waals surface area contributed by atoms with Crippen molar-refractivity contribution in [3.05, 3.63) is 77.8 Å². The summed E-state index contributed by atoms with van der Waals surface area (Å²) in [5.74, 6) is -1.75. The summed E-state index contributed by atoms with van der Waals surface area (Å²) in [5.41, 5.74) is -0.735. The topological polar surface area (TPSA) is 109 Å². The third-order valence-corrected chi connectivity index (χ3v) is 15.1. The highest BCUT2D eigenvalue weighted by Gasteiger charge is 2.60. The normalized spacial score (nSPS) is 19.7. The quantitative estimate of drug-likeness (QED) is 0.181. The Balaban J connectivity index is 1.69. The Morgan fingerprint density at radius 3 is 2.33 bits per heavy atom. The monoisotopic (exact) mass is 771 g/mol. The average molecular weight is 772 g/mol. The fourth-order valence-electron chi connectivity index (χ4n) is 6.63. The Morgan fingerprint density at radius 1 is 1.07 bits per heavy atom. The number of amides is 3. The van der Waals surface area contributed by atoms with E-state index >= 15 is 8.78 Å². The summed E-state index contributed by atoms with van der Waals surface area (Å²) in [4.78, 5) is 35.5. The predicted molar refractivity (Wildman–Crippen MR) is 204 cm³/mol. The van der Waals surface area contributed by atoms with Crippen LogP contribution in [0.2, 0.25) is 18.1 Å². The van der Waals surface area contributed by atoms with Crippen LogP contribution in [0.5, 0.6) is 0 Å². The van der Waals surface area contributed by atoms with Gasteiger partial charge in [-0.05, 0) is 82.4 Å². The van der Waals surface area contributed by atoms with Crippen LogP contribution in [0.15, 0.2) is 54.7 Å². The molecule has 10 nitrogen and oxygen atoms in total. The molecule has 5 rings (SSSR count). The molecule has 1 aromatic heterocycles. The molecule has 0 spiro atoms. The number of carbonyl (C=O) groups is 2. The fraction of sp³-hybridized carbons (Fsp3) is 0.575. The zero-order chi connectivity index (χ0) is 39.8. The van der Waals surface area contributed by atoms with E-state index in [1.807, 2.05) is 34.9 Å². The van der Waals surface area contributed by atoms with E-state index in [-0.39, 0.29) is 49.1 Å². The Bertz CT molecular complexity index is 1790. The molecular formula is C40H56F3N5O5Si. The van der Waals surface area contributed by atoms with Crippen molar-refractivity contribution in [3.63, 3.8) is 0 Å². The average Bonchev–Trinajstić information content (AvgIpc) is 3.56. The van der Waals surface area contributed by atoms with Crippen LogP contribution >= 0.6 is 0 Å². The zero-order valence-corrected chi connectivity index (χ0v) is 34.0. The van der Waals surface area contributed by atoms with Gasteiger partial charge in [-0.2, -0.15) is 0 Å². The van der Waals surface area contributed by atoms with Gasteiger partial charge in [0.05, 0.1) is 30.5 Å². The van der Waals surface area contributed by atoms with Gasteiger partial charge in [-0.3, -0.25) is 0 Å². The molecule has 1 saturated heterocycles. The van der Waals surface area contributed by atoms with Crippen molar-refractivity contribution in [2.45, 2.75) is 115 Å². The Hall–Kier alpha value is -3.88. The van der Waals surface area contributed by atoms with Gasteiger partial charge >= 0.3 is 12.1 Å². The SMILES string of the molecule is C[C@@H](CO)NC(=O)N(C[C@@H]1CN(C(=O)OC(C)(C)C)C[C@@H]1F)[C@@H](c1nc(-c2cc(F)ccc2F)cn1Cc1ccccc1)C1(O[Si](C)(C)C(C)(C)C)CC1. The first kappa shape index (κ1) is 41.3. The van der Waals surface area contributed by atoms with Crippen LogP contribution in [0, 0.1) is 17.6 Å². The second-order valence-electron chi connectivity index (χ2n) is 17.4. The van der Waals surface area contributed by atoms with Crippen molar-refractivity contribution in [3.8, 4) is 11.3 Å². The van der Waals surface area contributed by atoms with E-state index < -0.39 is 67.5 Å². The third kappa shape index (κ3) is 9.49. The molecule has 2 heterocycles. The molecule has 4 atom stereocenters. The highest BCUT2D eigenvalue weighted by Crippen LogP contribution is 2.56. The minimum atomic E-state index is -2.55. The number of hydrogen-bond acceptors (Lipinski definition) is 6. The number of likely N-dealkylation sites (tertiary alicyclic amines) is 1. The summed E-state index contributed by atoms with van der Waals surface area (Å²) < 4.78 is 60.7. The number of imidazole rings is 1. The van der Waals surface area contributed by atoms with Crippen molar-refractivity contribution in [1.82, 2.24) is 24.7 Å². The van der Waals surface area contributed by atoms with Crippen molar-refractivity contribution in [2.75, 3.05) is 26.2 Å². The van der Waals surface area contributed by atoms with Gasteiger partial charge in [0.25, 0.3) is 0 Å². The maximum Gasteiger partial charge on any atom is 0.410 e. The van der Waals surface area contributed by atoms with Crippen molar-refractivity contribution in [1.29, 1.82) is 0 Å². The van der Waals surface area contributed by atoms with Gasteiger partial charge in [0.2, 0.25) is 0 Å². The molecule has 2 aliphatic rings. The van der Waals surface area contributed by atoms with E-state index in [1.54, 1.807) is 33.9 Å². The van der Waals surface area contributed by atoms with Crippen LogP contribution in [-0.4, -0.2) is 94.6 Å². The number of benzene rings is 2. The zero-order valence-electron chi connectivity index (χ0n) is 33.0. The number of aliphatic hydroxyl groups is 1. The molecule has 54 heavy (non-hydrogen) atoms. The van der Waals surface area contributed by atoms with E-state index in [0.29, 0.717) is 18.7 Å². The molecule has 296 valence electrons. The molecule has 0 unspecified atom stereocenters. The van der Waals surface area contributed by atoms with E-state index in [2.05, 4.69) is 39.2 Å². The lowest BCUT2D eigenvalue weighted by Crippen LogP contribution is -2.55. The van der Waals surface area contributed by atoms with E-state index in [9.17, 15) is 19.1 Å². The molecule has 2 fully saturated rings. The lowest BCUT2D eigenvalue weighted by molar-refractivity contribution is 0.0264. The first-order valence-corrected chi connectivity index (χ1v) is 21.6. The number of urea groups is 1. The predicted octanol–water partition coefficient (Wildman–Crippen LogP) is 8.07. The van der Waals surface area contributed by atoms with Crippen molar-refractivity contribution < 1.29 is 37.0 Å². The van der Waals surface area contributed by atoms with Crippen LogP contribution in [-0.2, 0) is 15.7 Å². The number of rotatable bonds is 12. The van der Waals surface area contributed by atoms with Crippen LogP contribution in [0.4, 0.5) is 22.8 Å². The van der Waals surface area contributed by atoms with Gasteiger partial charge < -0.3 is 34.0 Å². The van der Waals surface area contributed by atoms with Crippen molar-refractivity contribution in [2.24, 2.45) is 5.92 Å². The number of ether oxygens (including phenoxy) is 1. The number of halogens is 3. The van der Waals surface area contributed by atoms with E-state index in [4.69, 9.17) is 14.1 Å². The molecule has 1 aliphatic carbocycles. The summed E-state index contributed by atoms with van der Waals surface area (Å²) in [6, 6.07) is 10.6. The number of hydrogen-bond donors (Lipinski definition) is 2. The van der Waals surface area contributed by atoms with Gasteiger partial charge in [0.15, 0.2) is 8.32 Å². The minimum Gasteiger partial charge on any atom is -0.444 e. The molecule has 0 radical (unpaired) electrons.